The molecule has 1 unspecified atom stereocenters. The van der Waals surface area contributed by atoms with Crippen LogP contribution in [0.1, 0.15) is 25.8 Å². The molecule has 0 spiro atoms. The second-order valence-electron chi connectivity index (χ2n) is 3.66. The Morgan fingerprint density at radius 2 is 2.00 bits per heavy atom. The second kappa shape index (κ2) is 6.35. The highest BCUT2D eigenvalue weighted by Gasteiger charge is 2.05. The first-order valence-corrected chi connectivity index (χ1v) is 5.48. The van der Waals surface area contributed by atoms with E-state index in [1.807, 2.05) is 50.3 Å². The quantitative estimate of drug-likeness (QED) is 0.740. The molecule has 17 heavy (non-hydrogen) atoms. The third kappa shape index (κ3) is 3.66. The minimum atomic E-state index is 0.0743. The molecule has 0 aliphatic heterocycles. The number of nitrogens with zero attached hydrogens (tertiary/aromatic N) is 2. The molecule has 0 amide bonds. The fourth-order valence-corrected chi connectivity index (χ4v) is 1.25. The Morgan fingerprint density at radius 3 is 2.59 bits per heavy atom. The Labute approximate surface area is 102 Å². The summed E-state index contributed by atoms with van der Waals surface area (Å²) in [6, 6.07) is 11.1. The summed E-state index contributed by atoms with van der Waals surface area (Å²) < 4.78 is 5.72. The molecule has 0 aliphatic rings. The van der Waals surface area contributed by atoms with Crippen LogP contribution < -0.4 is 4.74 Å². The molecule has 0 heterocycles. The van der Waals surface area contributed by atoms with Crippen LogP contribution in [-0.4, -0.2) is 6.10 Å². The molecule has 1 rings (SSSR count). The lowest BCUT2D eigenvalue weighted by Gasteiger charge is -2.14. The molecular weight excluding hydrogens is 212 g/mol. The Morgan fingerprint density at radius 1 is 1.35 bits per heavy atom. The molecule has 1 aromatic rings. The van der Waals surface area contributed by atoms with Crippen molar-refractivity contribution in [3.63, 3.8) is 0 Å². The zero-order valence-corrected chi connectivity index (χ0v) is 9.97. The second-order valence-corrected chi connectivity index (χ2v) is 3.66. The van der Waals surface area contributed by atoms with Crippen LogP contribution in [-0.2, 0) is 0 Å². The third-order valence-electron chi connectivity index (χ3n) is 2.36. The fraction of sp³-hybridized carbons (Fsp3) is 0.286. The number of para-hydroxylation sites is 1. The summed E-state index contributed by atoms with van der Waals surface area (Å²) >= 11 is 0. The molecule has 0 aromatic heterocycles. The minimum absolute atomic E-state index is 0.0743. The average Bonchev–Trinajstić information content (AvgIpc) is 2.37. The van der Waals surface area contributed by atoms with Crippen LogP contribution in [0.2, 0.25) is 0 Å². The molecule has 0 bridgehead atoms. The van der Waals surface area contributed by atoms with Crippen LogP contribution in [0.5, 0.6) is 5.75 Å². The van der Waals surface area contributed by atoms with Gasteiger partial charge in [-0.2, -0.15) is 10.5 Å². The van der Waals surface area contributed by atoms with E-state index >= 15 is 0 Å². The van der Waals surface area contributed by atoms with E-state index in [9.17, 15) is 0 Å². The van der Waals surface area contributed by atoms with Crippen molar-refractivity contribution in [3.8, 4) is 17.9 Å². The van der Waals surface area contributed by atoms with Gasteiger partial charge in [0, 0.05) is 5.56 Å². The number of nitriles is 2. The van der Waals surface area contributed by atoms with Crippen molar-refractivity contribution in [2.45, 2.75) is 26.4 Å². The molecule has 86 valence electrons. The fourth-order valence-electron chi connectivity index (χ4n) is 1.25. The van der Waals surface area contributed by atoms with Gasteiger partial charge in [0.15, 0.2) is 0 Å². The van der Waals surface area contributed by atoms with Crippen LogP contribution in [0.15, 0.2) is 29.8 Å². The lowest BCUT2D eigenvalue weighted by molar-refractivity contribution is 0.217. The average molecular weight is 226 g/mol. The molecular formula is C14H14N2O. The largest absolute Gasteiger partial charge is 0.490 e. The Kier molecular flexibility index (Phi) is 4.78. The van der Waals surface area contributed by atoms with Crippen LogP contribution in [0.3, 0.4) is 0 Å². The third-order valence-corrected chi connectivity index (χ3v) is 2.36. The van der Waals surface area contributed by atoms with Crippen LogP contribution >= 0.6 is 0 Å². The standard InChI is InChI=1S/C14H14N2O/c1-3-11(2)17-14-7-5-4-6-13(14)8-12(9-15)10-16/h4-8,11H,3H2,1-2H3. The summed E-state index contributed by atoms with van der Waals surface area (Å²) in [7, 11) is 0. The van der Waals surface area contributed by atoms with Gasteiger partial charge in [-0.25, -0.2) is 0 Å². The maximum atomic E-state index is 8.72. The predicted octanol–water partition coefficient (Wildman–Crippen LogP) is 3.29. The lowest BCUT2D eigenvalue weighted by atomic mass is 10.1. The molecule has 0 aliphatic carbocycles. The Balaban J connectivity index is 3.05. The van der Waals surface area contributed by atoms with Gasteiger partial charge in [0.05, 0.1) is 6.10 Å². The molecule has 0 fully saturated rings. The van der Waals surface area contributed by atoms with E-state index in [1.165, 1.54) is 6.08 Å². The van der Waals surface area contributed by atoms with E-state index in [1.54, 1.807) is 0 Å². The van der Waals surface area contributed by atoms with Gasteiger partial charge in [-0.05, 0) is 25.5 Å². The summed E-state index contributed by atoms with van der Waals surface area (Å²) in [6.45, 7) is 4.02. The van der Waals surface area contributed by atoms with Gasteiger partial charge in [0.25, 0.3) is 0 Å². The molecule has 3 nitrogen and oxygen atoms in total. The molecule has 0 saturated heterocycles. The lowest BCUT2D eigenvalue weighted by Crippen LogP contribution is -2.10. The molecule has 0 N–H and O–H groups in total. The van der Waals surface area contributed by atoms with E-state index in [-0.39, 0.29) is 11.7 Å². The maximum Gasteiger partial charge on any atom is 0.130 e. The van der Waals surface area contributed by atoms with Crippen molar-refractivity contribution in [1.82, 2.24) is 0 Å². The summed E-state index contributed by atoms with van der Waals surface area (Å²) in [4.78, 5) is 0. The van der Waals surface area contributed by atoms with E-state index in [0.717, 1.165) is 12.0 Å². The van der Waals surface area contributed by atoms with Crippen LogP contribution in [0.25, 0.3) is 6.08 Å². The molecule has 0 radical (unpaired) electrons. The number of hydrogen-bond donors (Lipinski definition) is 0. The van der Waals surface area contributed by atoms with E-state index in [0.29, 0.717) is 5.75 Å². The van der Waals surface area contributed by atoms with Crippen molar-refractivity contribution in [2.24, 2.45) is 0 Å². The summed E-state index contributed by atoms with van der Waals surface area (Å²) in [5, 5.41) is 17.4. The highest BCUT2D eigenvalue weighted by atomic mass is 16.5. The predicted molar refractivity (Wildman–Crippen MR) is 66.0 cm³/mol. The van der Waals surface area contributed by atoms with Gasteiger partial charge in [-0.15, -0.1) is 0 Å². The summed E-state index contributed by atoms with van der Waals surface area (Å²) in [6.07, 6.45) is 2.55. The monoisotopic (exact) mass is 226 g/mol. The summed E-state index contributed by atoms with van der Waals surface area (Å²) in [5.41, 5.74) is 0.830. The zero-order valence-electron chi connectivity index (χ0n) is 9.97. The maximum absolute atomic E-state index is 8.72. The van der Waals surface area contributed by atoms with Crippen LogP contribution in [0, 0.1) is 22.7 Å². The SMILES string of the molecule is CCC(C)Oc1ccccc1C=C(C#N)C#N. The van der Waals surface area contributed by atoms with Gasteiger partial charge in [0.2, 0.25) is 0 Å². The molecule has 1 atom stereocenters. The van der Waals surface area contributed by atoms with Crippen molar-refractivity contribution < 1.29 is 4.74 Å². The van der Waals surface area contributed by atoms with Crippen molar-refractivity contribution >= 4 is 6.08 Å². The van der Waals surface area contributed by atoms with Gasteiger partial charge in [-0.1, -0.05) is 25.1 Å². The first kappa shape index (κ1) is 12.8. The van der Waals surface area contributed by atoms with Crippen molar-refractivity contribution in [2.75, 3.05) is 0 Å². The zero-order chi connectivity index (χ0) is 12.7. The Bertz CT molecular complexity index is 476. The minimum Gasteiger partial charge on any atom is -0.490 e. The summed E-state index contributed by atoms with van der Waals surface area (Å²) in [5.74, 6) is 0.699. The molecule has 0 saturated carbocycles. The van der Waals surface area contributed by atoms with Gasteiger partial charge in [-0.3, -0.25) is 0 Å². The molecule has 1 aromatic carbocycles. The highest BCUT2D eigenvalue weighted by molar-refractivity contribution is 5.66. The first-order valence-electron chi connectivity index (χ1n) is 5.48. The van der Waals surface area contributed by atoms with E-state index in [4.69, 9.17) is 15.3 Å². The highest BCUT2D eigenvalue weighted by Crippen LogP contribution is 2.22. The number of benzene rings is 1. The van der Waals surface area contributed by atoms with Crippen molar-refractivity contribution in [1.29, 1.82) is 10.5 Å². The van der Waals surface area contributed by atoms with Gasteiger partial charge in [0.1, 0.15) is 23.5 Å². The number of ether oxygens (including phenoxy) is 1. The number of rotatable bonds is 4. The van der Waals surface area contributed by atoms with Crippen LogP contribution in [0.4, 0.5) is 0 Å². The van der Waals surface area contributed by atoms with E-state index in [2.05, 4.69) is 0 Å². The van der Waals surface area contributed by atoms with Gasteiger partial charge >= 0.3 is 0 Å². The Hall–Kier alpha value is -2.26. The smallest absolute Gasteiger partial charge is 0.130 e. The first-order chi connectivity index (χ1) is 8.21. The molecule has 3 heteroatoms. The normalized spacial score (nSPS) is 10.8. The topological polar surface area (TPSA) is 56.8 Å². The number of hydrogen-bond acceptors (Lipinski definition) is 3. The number of allylic oxidation sites excluding steroid dienone is 1. The van der Waals surface area contributed by atoms with Gasteiger partial charge < -0.3 is 4.74 Å². The van der Waals surface area contributed by atoms with Crippen molar-refractivity contribution in [3.05, 3.63) is 35.4 Å². The van der Waals surface area contributed by atoms with E-state index < -0.39 is 0 Å².